The van der Waals surface area contributed by atoms with E-state index in [0.717, 1.165) is 93.6 Å². The minimum atomic E-state index is -0.382. The van der Waals surface area contributed by atoms with Gasteiger partial charge in [-0.25, -0.2) is 4.98 Å². The summed E-state index contributed by atoms with van der Waals surface area (Å²) >= 11 is 1.05. The normalized spacial score (nSPS) is 19.8. The number of nitro benzene ring substituents is 1. The van der Waals surface area contributed by atoms with Gasteiger partial charge in [-0.1, -0.05) is 56.3 Å². The molecule has 13 nitrogen and oxygen atoms in total. The van der Waals surface area contributed by atoms with Crippen LogP contribution in [0.25, 0.3) is 11.0 Å². The summed E-state index contributed by atoms with van der Waals surface area (Å²) < 4.78 is 14.9. The lowest BCUT2D eigenvalue weighted by atomic mass is 9.59. The number of anilines is 2. The molecule has 3 N–H and O–H groups in total. The van der Waals surface area contributed by atoms with Crippen molar-refractivity contribution >= 4 is 46.0 Å². The van der Waals surface area contributed by atoms with Crippen LogP contribution in [-0.2, 0) is 24.1 Å². The number of aromatic amines is 1. The minimum absolute atomic E-state index is 0.0329. The number of nitrogens with one attached hydrogen (secondary N) is 3. The van der Waals surface area contributed by atoms with Crippen molar-refractivity contribution < 1.29 is 19.2 Å². The Morgan fingerprint density at radius 3 is 2.62 bits per heavy atom. The van der Waals surface area contributed by atoms with E-state index >= 15 is 0 Å². The van der Waals surface area contributed by atoms with E-state index < -0.39 is 0 Å². The third-order valence-corrected chi connectivity index (χ3v) is 17.3. The molecule has 376 valence electrons. The fraction of sp³-hybridized carbons (Fsp3) is 0.448. The predicted molar refractivity (Wildman–Crippen MR) is 286 cm³/mol. The molecule has 5 heterocycles. The van der Waals surface area contributed by atoms with Crippen LogP contribution < -0.4 is 19.7 Å². The van der Waals surface area contributed by atoms with Crippen molar-refractivity contribution in [2.24, 2.45) is 11.3 Å². The lowest BCUT2D eigenvalue weighted by Crippen LogP contribution is -2.60. The fourth-order valence-corrected chi connectivity index (χ4v) is 13.1. The van der Waals surface area contributed by atoms with E-state index in [0.29, 0.717) is 76.7 Å². The van der Waals surface area contributed by atoms with Gasteiger partial charge in [0.2, 0.25) is 0 Å². The van der Waals surface area contributed by atoms with Gasteiger partial charge < -0.3 is 24.7 Å². The number of pyridine rings is 1. The smallest absolute Gasteiger partial charge is 0.293 e. The highest BCUT2D eigenvalue weighted by atomic mass is 32.2. The summed E-state index contributed by atoms with van der Waals surface area (Å²) in [5, 5.41) is 16.3. The maximum atomic E-state index is 14.1. The molecule has 1 spiro atoms. The number of rotatable bonds is 15. The van der Waals surface area contributed by atoms with Crippen LogP contribution in [0.5, 0.6) is 11.5 Å². The first-order chi connectivity index (χ1) is 35.1. The van der Waals surface area contributed by atoms with Gasteiger partial charge in [-0.3, -0.25) is 29.4 Å². The number of ether oxygens (including phenoxy) is 2. The van der Waals surface area contributed by atoms with Crippen LogP contribution >= 0.6 is 11.9 Å². The van der Waals surface area contributed by atoms with Gasteiger partial charge in [0.1, 0.15) is 22.8 Å². The summed E-state index contributed by atoms with van der Waals surface area (Å²) in [5.74, 6) is 1.44. The zero-order chi connectivity index (χ0) is 49.2. The highest BCUT2D eigenvalue weighted by Gasteiger charge is 2.50. The summed E-state index contributed by atoms with van der Waals surface area (Å²) in [6.07, 6.45) is 15.1. The molecule has 3 aliphatic heterocycles. The van der Waals surface area contributed by atoms with E-state index in [9.17, 15) is 14.9 Å². The lowest BCUT2D eigenvalue weighted by Gasteiger charge is -2.58. The highest BCUT2D eigenvalue weighted by molar-refractivity contribution is 7.98. The second-order valence-electron chi connectivity index (χ2n) is 21.4. The summed E-state index contributed by atoms with van der Waals surface area (Å²) in [6, 6.07) is 31.9. The third kappa shape index (κ3) is 10.5. The first kappa shape index (κ1) is 48.3. The Balaban J connectivity index is 0.766. The van der Waals surface area contributed by atoms with Crippen molar-refractivity contribution in [3.8, 4) is 11.5 Å². The van der Waals surface area contributed by atoms with Crippen molar-refractivity contribution in [1.82, 2.24) is 24.5 Å². The van der Waals surface area contributed by atoms with Gasteiger partial charge in [-0.05, 0) is 158 Å². The number of H-pyrrole nitrogens is 1. The van der Waals surface area contributed by atoms with Gasteiger partial charge in [0, 0.05) is 105 Å². The number of aryl methyl sites for hydroxylation is 1. The number of fused-ring (bicyclic) bond motifs is 2. The molecular formula is C58H68N8O5S. The molecule has 4 aromatic carbocycles. The average Bonchev–Trinajstić information content (AvgIpc) is 3.88. The fourth-order valence-electron chi connectivity index (χ4n) is 12.4. The molecule has 3 saturated heterocycles. The Hall–Kier alpha value is -5.93. The van der Waals surface area contributed by atoms with Crippen molar-refractivity contribution in [2.75, 3.05) is 62.7 Å². The molecule has 2 aliphatic carbocycles. The Kier molecular flexibility index (Phi) is 14.3. The maximum Gasteiger partial charge on any atom is 0.293 e. The Bertz CT molecular complexity index is 2900. The molecule has 1 saturated carbocycles. The quantitative estimate of drug-likeness (QED) is 0.0514. The lowest BCUT2D eigenvalue weighted by molar-refractivity contribution is -0.384. The van der Waals surface area contributed by atoms with E-state index in [1.807, 2.05) is 36.5 Å². The average molecular weight is 989 g/mol. The number of carbonyl (C=O) groups is 1. The van der Waals surface area contributed by atoms with Gasteiger partial charge in [0.25, 0.3) is 11.6 Å². The van der Waals surface area contributed by atoms with Crippen LogP contribution in [0.3, 0.4) is 0 Å². The molecule has 72 heavy (non-hydrogen) atoms. The number of benzene rings is 4. The van der Waals surface area contributed by atoms with E-state index in [1.165, 1.54) is 55.7 Å². The predicted octanol–water partition coefficient (Wildman–Crippen LogP) is 11.8. The number of aromatic nitrogens is 2. The number of piperidine rings is 1. The van der Waals surface area contributed by atoms with Gasteiger partial charge in [-0.2, -0.15) is 0 Å². The second kappa shape index (κ2) is 21.3. The zero-order valence-corrected chi connectivity index (χ0v) is 42.6. The van der Waals surface area contributed by atoms with Gasteiger partial charge in [-0.15, -0.1) is 0 Å². The molecular weight excluding hydrogens is 921 g/mol. The highest BCUT2D eigenvalue weighted by Crippen LogP contribution is 2.53. The van der Waals surface area contributed by atoms with Crippen molar-refractivity contribution in [1.29, 1.82) is 0 Å². The number of piperazine rings is 1. The number of nitrogens with zero attached hydrogens (tertiary/aromatic N) is 5. The number of amides is 1. The van der Waals surface area contributed by atoms with Crippen LogP contribution in [0, 0.1) is 21.4 Å². The standard InChI is InChI=1S/C58H68N8O5S/c1-39(2)48-11-5-6-13-50(48)54-38-63(37-43-10-7-9-41-8-3-4-12-49(41)43)26-27-65(54)45-33-58(34-45)21-24-64(25-22-58)44-14-16-51(55(31-44)71-46-30-42-18-23-59-56(42)61-36-46)57(67)62-72-47-15-17-52(53(32-47)66(68)69)60-35-40-19-28-70-29-20-40/h5-7,9-11,13-18,23,30-32,36,39-40,45,54,60H,3-4,8,12,19-22,24-29,33-35,37-38H2,1-2H3,(H,59,61)(H,62,67). The van der Waals surface area contributed by atoms with Gasteiger partial charge >= 0.3 is 0 Å². The zero-order valence-electron chi connectivity index (χ0n) is 41.7. The van der Waals surface area contributed by atoms with Crippen molar-refractivity contribution in [3.05, 3.63) is 147 Å². The molecule has 5 aliphatic rings. The van der Waals surface area contributed by atoms with Crippen molar-refractivity contribution in [2.45, 2.75) is 107 Å². The molecule has 0 bridgehead atoms. The Morgan fingerprint density at radius 2 is 1.79 bits per heavy atom. The SMILES string of the molecule is CC(C)c1ccccc1C1CN(Cc2cccc3c2CCCC3)CCN1C1CC2(CCN(c3ccc(C(=O)NSc4ccc(NCC5CCOCC5)c([N+](=O)[O-])c4)c(Oc4cnc5[nH]ccc5c4)c3)CC2)C1. The number of carbonyl (C=O) groups excluding carboxylic acids is 1. The van der Waals surface area contributed by atoms with Crippen LogP contribution in [0.2, 0.25) is 0 Å². The summed E-state index contributed by atoms with van der Waals surface area (Å²) in [7, 11) is 0. The molecule has 1 amide bonds. The molecule has 0 radical (unpaired) electrons. The van der Waals surface area contributed by atoms with Crippen molar-refractivity contribution in [3.63, 3.8) is 0 Å². The molecule has 6 aromatic rings. The molecule has 4 fully saturated rings. The van der Waals surface area contributed by atoms with E-state index in [-0.39, 0.29) is 16.5 Å². The molecule has 14 heteroatoms. The molecule has 2 aromatic heterocycles. The van der Waals surface area contributed by atoms with Gasteiger partial charge in [0.15, 0.2) is 0 Å². The molecule has 11 rings (SSSR count). The van der Waals surface area contributed by atoms with Crippen LogP contribution in [0.1, 0.15) is 115 Å². The summed E-state index contributed by atoms with van der Waals surface area (Å²) in [6.45, 7) is 12.9. The summed E-state index contributed by atoms with van der Waals surface area (Å²) in [5.41, 5.74) is 10.6. The summed E-state index contributed by atoms with van der Waals surface area (Å²) in [4.78, 5) is 42.1. The number of hydrogen-bond acceptors (Lipinski definition) is 11. The number of nitro groups is 1. The minimum Gasteiger partial charge on any atom is -0.455 e. The molecule has 1 unspecified atom stereocenters. The monoisotopic (exact) mass is 989 g/mol. The Labute approximate surface area is 427 Å². The Morgan fingerprint density at radius 1 is 0.958 bits per heavy atom. The molecule has 1 atom stereocenters. The van der Waals surface area contributed by atoms with Crippen LogP contribution in [-0.4, -0.2) is 89.1 Å². The second-order valence-corrected chi connectivity index (χ2v) is 22.2. The first-order valence-corrected chi connectivity index (χ1v) is 27.2. The third-order valence-electron chi connectivity index (χ3n) is 16.5. The number of hydrogen-bond donors (Lipinski definition) is 3. The maximum absolute atomic E-state index is 14.1. The topological polar surface area (TPSA) is 141 Å². The van der Waals surface area contributed by atoms with E-state index in [1.54, 1.807) is 35.0 Å². The van der Waals surface area contributed by atoms with E-state index in [4.69, 9.17) is 9.47 Å². The first-order valence-electron chi connectivity index (χ1n) is 26.4. The largest absolute Gasteiger partial charge is 0.455 e. The van der Waals surface area contributed by atoms with E-state index in [2.05, 4.69) is 91.0 Å². The van der Waals surface area contributed by atoms with Crippen LogP contribution in [0.15, 0.2) is 108 Å². The van der Waals surface area contributed by atoms with Gasteiger partial charge in [0.05, 0.1) is 16.7 Å². The van der Waals surface area contributed by atoms with Crippen LogP contribution in [0.4, 0.5) is 17.1 Å².